The number of rotatable bonds is 34. The summed E-state index contributed by atoms with van der Waals surface area (Å²) < 4.78 is 41.6. The van der Waals surface area contributed by atoms with Crippen LogP contribution in [0.4, 0.5) is 4.79 Å². The van der Waals surface area contributed by atoms with Crippen LogP contribution >= 0.6 is 0 Å². The van der Waals surface area contributed by atoms with Gasteiger partial charge in [-0.3, -0.25) is 43.3 Å². The van der Waals surface area contributed by atoms with Crippen LogP contribution in [0.3, 0.4) is 0 Å². The first-order valence-corrected chi connectivity index (χ1v) is 32.3. The average molecular weight is 1350 g/mol. The highest BCUT2D eigenvalue weighted by Crippen LogP contribution is 2.19. The lowest BCUT2D eigenvalue weighted by molar-refractivity contribution is -0.165. The molecule has 0 radical (unpaired) electrons. The highest BCUT2D eigenvalue weighted by molar-refractivity contribution is 5.89. The lowest BCUT2D eigenvalue weighted by Crippen LogP contribution is -2.53. The molecule has 0 unspecified atom stereocenters. The van der Waals surface area contributed by atoms with Crippen molar-refractivity contribution in [2.45, 2.75) is 280 Å². The Morgan fingerprint density at radius 1 is 0.453 bits per heavy atom. The van der Waals surface area contributed by atoms with E-state index in [4.69, 9.17) is 38.9 Å². The zero-order chi connectivity index (χ0) is 72.7. The van der Waals surface area contributed by atoms with Crippen LogP contribution in [0.25, 0.3) is 0 Å². The predicted octanol–water partition coefficient (Wildman–Crippen LogP) is 5.73. The molecule has 5 amide bonds. The molecule has 2 aromatic rings. The fraction of sp³-hybridized carbons (Fsp3) is 0.742. The van der Waals surface area contributed by atoms with E-state index < -0.39 is 149 Å². The van der Waals surface area contributed by atoms with E-state index in [-0.39, 0.29) is 58.4 Å². The van der Waals surface area contributed by atoms with Gasteiger partial charge in [0.2, 0.25) is 17.7 Å². The Morgan fingerprint density at radius 2 is 0.789 bits per heavy atom. The molecule has 29 heteroatoms. The average Bonchev–Trinajstić information content (AvgIpc) is 1.79. The largest absolute Gasteiger partial charge is 0.460 e. The molecule has 3 atom stereocenters. The van der Waals surface area contributed by atoms with Gasteiger partial charge in [0.15, 0.2) is 0 Å². The number of hydrogen-bond acceptors (Lipinski definition) is 22. The summed E-state index contributed by atoms with van der Waals surface area (Å²) in [5.41, 5.74) is 0.309. The number of nitrogens with two attached hydrogens (primary N) is 1. The molecule has 0 saturated carbocycles. The molecule has 5 N–H and O–H groups in total. The molecule has 29 nitrogen and oxygen atoms in total. The maximum atomic E-state index is 14.1. The van der Waals surface area contributed by atoms with Crippen molar-refractivity contribution < 1.29 is 85.9 Å². The summed E-state index contributed by atoms with van der Waals surface area (Å²) in [6.07, 6.45) is 7.73. The molecule has 2 heterocycles. The van der Waals surface area contributed by atoms with Crippen molar-refractivity contribution in [1.29, 1.82) is 0 Å². The fourth-order valence-electron chi connectivity index (χ4n) is 8.86. The Kier molecular flexibility index (Phi) is 32.0. The zero-order valence-corrected chi connectivity index (χ0v) is 60.3. The van der Waals surface area contributed by atoms with Crippen LogP contribution in [-0.2, 0) is 107 Å². The van der Waals surface area contributed by atoms with E-state index in [0.29, 0.717) is 43.9 Å². The molecular formula is C66H111N11O18. The molecule has 0 fully saturated rings. The topological polar surface area (TPSA) is 360 Å². The van der Waals surface area contributed by atoms with Gasteiger partial charge < -0.3 is 73.8 Å². The van der Waals surface area contributed by atoms with Gasteiger partial charge >= 0.3 is 47.8 Å². The van der Waals surface area contributed by atoms with Crippen molar-refractivity contribution in [1.82, 2.24) is 49.8 Å². The van der Waals surface area contributed by atoms with Crippen molar-refractivity contribution in [3.05, 3.63) is 36.4 Å². The second-order valence-corrected chi connectivity index (χ2v) is 30.3. The quantitative estimate of drug-likeness (QED) is 0.0369. The maximum Gasteiger partial charge on any atom is 0.329 e. The first-order chi connectivity index (χ1) is 43.3. The second-order valence-electron chi connectivity index (χ2n) is 30.3. The molecule has 0 bridgehead atoms. The Balaban J connectivity index is 2.35. The van der Waals surface area contributed by atoms with Gasteiger partial charge in [0.25, 0.3) is 0 Å². The molecule has 0 saturated heterocycles. The van der Waals surface area contributed by atoms with Gasteiger partial charge in [0, 0.05) is 37.8 Å². The molecule has 538 valence electrons. The Labute approximate surface area is 561 Å². The molecule has 0 aliphatic rings. The number of esters is 7. The Hall–Kier alpha value is -7.69. The summed E-state index contributed by atoms with van der Waals surface area (Å²) in [7, 11) is 0. The number of amides is 5. The minimum Gasteiger partial charge on any atom is -0.460 e. The number of carbonyl (C=O) groups is 11. The van der Waals surface area contributed by atoms with Crippen LogP contribution < -0.4 is 21.7 Å². The smallest absolute Gasteiger partial charge is 0.329 e. The van der Waals surface area contributed by atoms with Gasteiger partial charge in [-0.2, -0.15) is 0 Å². The van der Waals surface area contributed by atoms with Crippen LogP contribution in [0.1, 0.15) is 208 Å². The van der Waals surface area contributed by atoms with Crippen LogP contribution in [0, 0.1) is 0 Å². The number of aromatic nitrogens is 4. The van der Waals surface area contributed by atoms with Gasteiger partial charge in [-0.15, -0.1) is 0 Å². The minimum absolute atomic E-state index is 0.0875. The summed E-state index contributed by atoms with van der Waals surface area (Å²) in [5, 5.41) is 8.00. The molecule has 2 aromatic heterocycles. The molecule has 0 spiro atoms. The van der Waals surface area contributed by atoms with E-state index in [1.54, 1.807) is 167 Å². The third-order valence-electron chi connectivity index (χ3n) is 12.5. The summed E-state index contributed by atoms with van der Waals surface area (Å²) in [4.78, 5) is 160. The van der Waals surface area contributed by atoms with Gasteiger partial charge in [0.1, 0.15) is 102 Å². The van der Waals surface area contributed by atoms with E-state index in [9.17, 15) is 52.7 Å². The molecule has 0 aliphatic carbocycles. The molecule has 95 heavy (non-hydrogen) atoms. The first-order valence-electron chi connectivity index (χ1n) is 32.3. The van der Waals surface area contributed by atoms with E-state index in [2.05, 4.69) is 25.9 Å². The number of imidazole rings is 2. The van der Waals surface area contributed by atoms with Crippen LogP contribution in [0.5, 0.6) is 0 Å². The number of nitrogens with zero attached hydrogens (tertiary/aromatic N) is 7. The number of hydrogen-bond donors (Lipinski definition) is 4. The molecule has 0 aromatic carbocycles. The number of ether oxygens (including phenoxy) is 7. The van der Waals surface area contributed by atoms with E-state index >= 15 is 0 Å². The molecule has 2 rings (SSSR count). The number of carbonyl (C=O) groups excluding carboxylic acids is 11. The lowest BCUT2D eigenvalue weighted by Gasteiger charge is -2.27. The summed E-state index contributed by atoms with van der Waals surface area (Å²) in [6, 6.07) is -4.25. The first kappa shape index (κ1) is 83.4. The third kappa shape index (κ3) is 37.9. The number of urea groups is 1. The Morgan fingerprint density at radius 3 is 1.15 bits per heavy atom. The van der Waals surface area contributed by atoms with Crippen LogP contribution in [0.15, 0.2) is 24.8 Å². The van der Waals surface area contributed by atoms with E-state index in [0.717, 1.165) is 9.80 Å². The normalized spacial score (nSPS) is 13.3. The summed E-state index contributed by atoms with van der Waals surface area (Å²) in [5.74, 6) is -5.91. The van der Waals surface area contributed by atoms with E-state index in [1.807, 2.05) is 4.90 Å². The zero-order valence-electron chi connectivity index (χ0n) is 60.3. The van der Waals surface area contributed by atoms with Gasteiger partial charge in [0.05, 0.1) is 19.1 Å². The fourth-order valence-corrected chi connectivity index (χ4v) is 8.86. The highest BCUT2D eigenvalue weighted by atomic mass is 16.6. The molecular weight excluding hydrogens is 1230 g/mol. The maximum absolute atomic E-state index is 14.1. The SMILES string of the molecule is CC(C)(C)OC(=O)CC[C@H](NC(=O)N[C@@H](CCCCNC(=O)[C@@H](N)CCCCN(Cc1nccn1CC(=O)N(CC(=O)OC(C)(C)C)CC(=O)OC(C)(C)C)Cc1nccn1CC(=O)N(CC(=O)OC(C)(C)C)CC(=O)OC(C)(C)C)C(=O)OC(C)(C)C)C(=O)OC(C)(C)C. The van der Waals surface area contributed by atoms with Gasteiger partial charge in [-0.1, -0.05) is 6.42 Å². The van der Waals surface area contributed by atoms with Crippen LogP contribution in [-0.4, -0.2) is 196 Å². The monoisotopic (exact) mass is 1350 g/mol. The number of unbranched alkanes of at least 4 members (excludes halogenated alkanes) is 2. The summed E-state index contributed by atoms with van der Waals surface area (Å²) >= 11 is 0. The van der Waals surface area contributed by atoms with E-state index in [1.165, 1.54) is 12.4 Å². The predicted molar refractivity (Wildman–Crippen MR) is 350 cm³/mol. The minimum atomic E-state index is -1.27. The van der Waals surface area contributed by atoms with Crippen molar-refractivity contribution >= 4 is 65.5 Å². The lowest BCUT2D eigenvalue weighted by atomic mass is 10.1. The van der Waals surface area contributed by atoms with Crippen molar-refractivity contribution in [2.75, 3.05) is 39.3 Å². The number of nitrogens with one attached hydrogen (secondary N) is 3. The summed E-state index contributed by atoms with van der Waals surface area (Å²) in [6.45, 7) is 33.1. The van der Waals surface area contributed by atoms with Gasteiger partial charge in [-0.05, 0) is 190 Å². The van der Waals surface area contributed by atoms with Gasteiger partial charge in [-0.25, -0.2) is 24.4 Å². The highest BCUT2D eigenvalue weighted by Gasteiger charge is 2.34. The van der Waals surface area contributed by atoms with Crippen molar-refractivity contribution in [2.24, 2.45) is 5.73 Å². The third-order valence-corrected chi connectivity index (χ3v) is 12.5. The Bertz CT molecular complexity index is 2710. The standard InChI is InChI=1S/C66H111N11O18/c1-60(2,3)89-51(80)29-28-46(58(87)95-66(19,20)21)72-59(88)71-45(57(86)94-65(16,17)18)27-22-24-30-70-56(85)44(67)26-23-25-33-73(36-47-68-31-34-74(47)38-49(78)76(40-52(81)90-61(4,5)6)41-53(82)91-62(7,8)9)37-48-69-32-35-75(48)39-50(79)77(42-54(83)92-63(10,11)12)43-55(84)93-64(13,14)15/h31-32,34-35,44-46H,22-30,33,36-43,67H2,1-21H3,(H,70,85)(H2,71,72,88)/t44-,45-,46-/m0/s1. The van der Waals surface area contributed by atoms with Crippen molar-refractivity contribution in [3.8, 4) is 0 Å². The van der Waals surface area contributed by atoms with Crippen molar-refractivity contribution in [3.63, 3.8) is 0 Å². The molecule has 0 aliphatic heterocycles. The second kappa shape index (κ2) is 36.4. The van der Waals surface area contributed by atoms with Crippen LogP contribution in [0.2, 0.25) is 0 Å².